The molecule has 2 rings (SSSR count). The lowest BCUT2D eigenvalue weighted by atomic mass is 10.1. The maximum atomic E-state index is 13.5. The minimum atomic E-state index is -3.57. The van der Waals surface area contributed by atoms with Gasteiger partial charge in [0, 0.05) is 26.1 Å². The van der Waals surface area contributed by atoms with E-state index in [1.165, 1.54) is 11.4 Å². The molecule has 0 heterocycles. The largest absolute Gasteiger partial charge is 0.497 e. The third kappa shape index (κ3) is 8.96. The molecule has 0 radical (unpaired) electrons. The zero-order chi connectivity index (χ0) is 27.4. The molecule has 0 unspecified atom stereocenters. The Kier molecular flexibility index (Phi) is 11.7. The molecular weight excluding hydrogens is 494 g/mol. The Bertz CT molecular complexity index is 1120. The normalized spacial score (nSPS) is 11.9. The van der Waals surface area contributed by atoms with Gasteiger partial charge < -0.3 is 19.7 Å². The van der Waals surface area contributed by atoms with E-state index in [0.717, 1.165) is 18.2 Å². The fourth-order valence-electron chi connectivity index (χ4n) is 4.01. The highest BCUT2D eigenvalue weighted by Gasteiger charge is 2.28. The van der Waals surface area contributed by atoms with Gasteiger partial charge in [0.1, 0.15) is 17.5 Å². The lowest BCUT2D eigenvalue weighted by Crippen LogP contribution is -2.49. The van der Waals surface area contributed by atoms with Crippen LogP contribution in [-0.4, -0.2) is 64.7 Å². The highest BCUT2D eigenvalue weighted by atomic mass is 32.2. The number of hydrogen-bond acceptors (Lipinski definition) is 6. The molecule has 0 aliphatic rings. The molecule has 2 aromatic rings. The van der Waals surface area contributed by atoms with Crippen molar-refractivity contribution < 1.29 is 27.5 Å². The second-order valence-corrected chi connectivity index (χ2v) is 10.6. The molecule has 204 valence electrons. The summed E-state index contributed by atoms with van der Waals surface area (Å²) in [6.07, 6.45) is 2.76. The van der Waals surface area contributed by atoms with E-state index < -0.39 is 16.1 Å². The predicted octanol–water partition coefficient (Wildman–Crippen LogP) is 3.58. The van der Waals surface area contributed by atoms with Gasteiger partial charge in [0.05, 0.1) is 26.2 Å². The van der Waals surface area contributed by atoms with Crippen LogP contribution < -0.4 is 19.1 Å². The zero-order valence-corrected chi connectivity index (χ0v) is 23.2. The quantitative estimate of drug-likeness (QED) is 0.375. The van der Waals surface area contributed by atoms with Crippen LogP contribution in [0.1, 0.15) is 45.1 Å². The summed E-state index contributed by atoms with van der Waals surface area (Å²) in [6.45, 7) is 4.74. The van der Waals surface area contributed by atoms with Gasteiger partial charge >= 0.3 is 0 Å². The highest BCUT2D eigenvalue weighted by molar-refractivity contribution is 7.92. The highest BCUT2D eigenvalue weighted by Crippen LogP contribution is 2.23. The van der Waals surface area contributed by atoms with Gasteiger partial charge in [0.2, 0.25) is 21.8 Å². The van der Waals surface area contributed by atoms with Crippen LogP contribution in [0.25, 0.3) is 0 Å². The lowest BCUT2D eigenvalue weighted by molar-refractivity contribution is -0.141. The van der Waals surface area contributed by atoms with E-state index in [2.05, 4.69) is 5.32 Å². The molecule has 0 aliphatic heterocycles. The Labute approximate surface area is 220 Å². The van der Waals surface area contributed by atoms with Crippen molar-refractivity contribution in [3.05, 3.63) is 54.1 Å². The monoisotopic (exact) mass is 533 g/mol. The second-order valence-electron chi connectivity index (χ2n) is 8.72. The fourth-order valence-corrected chi connectivity index (χ4v) is 4.97. The average molecular weight is 534 g/mol. The minimum absolute atomic E-state index is 0.0870. The maximum absolute atomic E-state index is 13.5. The number of amides is 2. The molecule has 2 amide bonds. The lowest BCUT2D eigenvalue weighted by Gasteiger charge is -2.31. The molecule has 9 nitrogen and oxygen atoms in total. The number of rotatable bonds is 15. The molecule has 0 saturated carbocycles. The Morgan fingerprint density at radius 1 is 1.00 bits per heavy atom. The number of carbonyl (C=O) groups is 2. The number of methoxy groups -OCH3 is 2. The summed E-state index contributed by atoms with van der Waals surface area (Å²) >= 11 is 0. The Balaban J connectivity index is 2.21. The van der Waals surface area contributed by atoms with Crippen molar-refractivity contribution in [1.82, 2.24) is 10.2 Å². The molecule has 2 aromatic carbocycles. The van der Waals surface area contributed by atoms with E-state index in [1.807, 2.05) is 38.1 Å². The molecule has 0 spiro atoms. The second kappa shape index (κ2) is 14.5. The van der Waals surface area contributed by atoms with Gasteiger partial charge in [-0.25, -0.2) is 8.42 Å². The molecule has 0 bridgehead atoms. The standard InChI is InChI=1S/C27H39N3O6S/c1-6-17-28-27(32)25(7-2)29(20-21-10-8-11-24(19-21)36-4)26(31)12-9-18-30(37(5,33)34)22-13-15-23(35-3)16-14-22/h8,10-11,13-16,19,25H,6-7,9,12,17-18,20H2,1-5H3,(H,28,32)/t25-/m1/s1. The first-order chi connectivity index (χ1) is 17.6. The number of nitrogens with zero attached hydrogens (tertiary/aromatic N) is 2. The third-order valence-corrected chi connectivity index (χ3v) is 7.13. The summed E-state index contributed by atoms with van der Waals surface area (Å²) in [5.74, 6) is 0.866. The molecular formula is C27H39N3O6S. The molecule has 10 heteroatoms. The van der Waals surface area contributed by atoms with E-state index in [0.29, 0.717) is 36.6 Å². The number of nitrogens with one attached hydrogen (secondary N) is 1. The number of sulfonamides is 1. The number of benzene rings is 2. The Morgan fingerprint density at radius 2 is 1.68 bits per heavy atom. The molecule has 0 aromatic heterocycles. The van der Waals surface area contributed by atoms with Crippen molar-refractivity contribution in [2.45, 2.75) is 52.1 Å². The number of hydrogen-bond donors (Lipinski definition) is 1. The van der Waals surface area contributed by atoms with E-state index >= 15 is 0 Å². The van der Waals surface area contributed by atoms with Crippen LogP contribution in [0.15, 0.2) is 48.5 Å². The van der Waals surface area contributed by atoms with Crippen LogP contribution in [-0.2, 0) is 26.2 Å². The van der Waals surface area contributed by atoms with Gasteiger partial charge in [0.15, 0.2) is 0 Å². The smallest absolute Gasteiger partial charge is 0.242 e. The SMILES string of the molecule is CCCNC(=O)[C@@H](CC)N(Cc1cccc(OC)c1)C(=O)CCCN(c1ccc(OC)cc1)S(C)(=O)=O. The average Bonchev–Trinajstić information content (AvgIpc) is 2.89. The van der Waals surface area contributed by atoms with Crippen molar-refractivity contribution in [3.8, 4) is 11.5 Å². The van der Waals surface area contributed by atoms with Gasteiger partial charge in [-0.2, -0.15) is 0 Å². The minimum Gasteiger partial charge on any atom is -0.497 e. The first-order valence-corrected chi connectivity index (χ1v) is 14.3. The fraction of sp³-hybridized carbons (Fsp3) is 0.481. The molecule has 37 heavy (non-hydrogen) atoms. The summed E-state index contributed by atoms with van der Waals surface area (Å²) < 4.78 is 36.7. The summed E-state index contributed by atoms with van der Waals surface area (Å²) in [5.41, 5.74) is 1.33. The van der Waals surface area contributed by atoms with Crippen LogP contribution in [0.5, 0.6) is 11.5 Å². The third-order valence-electron chi connectivity index (χ3n) is 5.93. The predicted molar refractivity (Wildman–Crippen MR) is 145 cm³/mol. The topological polar surface area (TPSA) is 105 Å². The van der Waals surface area contributed by atoms with E-state index in [9.17, 15) is 18.0 Å². The number of anilines is 1. The Morgan fingerprint density at radius 3 is 2.24 bits per heavy atom. The Hall–Kier alpha value is -3.27. The van der Waals surface area contributed by atoms with Gasteiger partial charge in [-0.1, -0.05) is 26.0 Å². The first kappa shape index (κ1) is 30.0. The summed E-state index contributed by atoms with van der Waals surface area (Å²) in [7, 11) is -0.452. The van der Waals surface area contributed by atoms with Crippen LogP contribution in [0.2, 0.25) is 0 Å². The molecule has 1 N–H and O–H groups in total. The molecule has 1 atom stereocenters. The summed E-state index contributed by atoms with van der Waals surface area (Å²) in [5, 5.41) is 2.90. The van der Waals surface area contributed by atoms with Crippen molar-refractivity contribution in [1.29, 1.82) is 0 Å². The van der Waals surface area contributed by atoms with Crippen molar-refractivity contribution in [3.63, 3.8) is 0 Å². The number of carbonyl (C=O) groups excluding carboxylic acids is 2. The van der Waals surface area contributed by atoms with E-state index in [1.54, 1.807) is 36.3 Å². The van der Waals surface area contributed by atoms with Crippen LogP contribution in [0, 0.1) is 0 Å². The molecule has 0 fully saturated rings. The van der Waals surface area contributed by atoms with Gasteiger partial charge in [0.25, 0.3) is 0 Å². The maximum Gasteiger partial charge on any atom is 0.242 e. The zero-order valence-electron chi connectivity index (χ0n) is 22.4. The first-order valence-electron chi connectivity index (χ1n) is 12.5. The van der Waals surface area contributed by atoms with Crippen molar-refractivity contribution in [2.24, 2.45) is 0 Å². The van der Waals surface area contributed by atoms with Crippen molar-refractivity contribution in [2.75, 3.05) is 37.9 Å². The van der Waals surface area contributed by atoms with Crippen LogP contribution in [0.3, 0.4) is 0 Å². The van der Waals surface area contributed by atoms with Gasteiger partial charge in [-0.05, 0) is 61.2 Å². The van der Waals surface area contributed by atoms with Gasteiger partial charge in [-0.15, -0.1) is 0 Å². The van der Waals surface area contributed by atoms with E-state index in [4.69, 9.17) is 9.47 Å². The van der Waals surface area contributed by atoms with Crippen LogP contribution >= 0.6 is 0 Å². The van der Waals surface area contributed by atoms with Gasteiger partial charge in [-0.3, -0.25) is 13.9 Å². The van der Waals surface area contributed by atoms with E-state index in [-0.39, 0.29) is 31.3 Å². The van der Waals surface area contributed by atoms with Crippen LogP contribution in [0.4, 0.5) is 5.69 Å². The molecule has 0 saturated heterocycles. The molecule has 0 aliphatic carbocycles. The van der Waals surface area contributed by atoms with Crippen molar-refractivity contribution >= 4 is 27.5 Å². The summed E-state index contributed by atoms with van der Waals surface area (Å²) in [4.78, 5) is 28.0. The number of ether oxygens (including phenoxy) is 2. The summed E-state index contributed by atoms with van der Waals surface area (Å²) in [6, 6.07) is 13.5.